The van der Waals surface area contributed by atoms with E-state index >= 15 is 0 Å². The standard InChI is InChI=1S/C19H22NO3S2.Y/c1-23-14-4-2-3-13(11-14)5-6-15-16(18(22)12-17(15)21)7-9-24-19-20-8-10-25-19;/h2-4,10-11,15-16,18,22H,5-7,9,12H2,1H3;/q-1;/t15-,16-,18?;/m1./s1. The van der Waals surface area contributed by atoms with Crippen molar-refractivity contribution < 1.29 is 47.3 Å². The Hall–Kier alpha value is -0.266. The van der Waals surface area contributed by atoms with Gasteiger partial charge in [0, 0.05) is 45.0 Å². The van der Waals surface area contributed by atoms with Crippen molar-refractivity contribution in [2.45, 2.75) is 36.1 Å². The predicted molar refractivity (Wildman–Crippen MR) is 100 cm³/mol. The van der Waals surface area contributed by atoms with Crippen molar-refractivity contribution in [1.82, 2.24) is 4.98 Å². The van der Waals surface area contributed by atoms with E-state index in [1.807, 2.05) is 23.6 Å². The van der Waals surface area contributed by atoms with Crippen molar-refractivity contribution in [3.63, 3.8) is 0 Å². The van der Waals surface area contributed by atoms with Crippen molar-refractivity contribution >= 4 is 28.9 Å². The first-order chi connectivity index (χ1) is 12.2. The Labute approximate surface area is 188 Å². The molecule has 1 aromatic heterocycles. The number of hydrogen-bond donors (Lipinski definition) is 1. The van der Waals surface area contributed by atoms with E-state index < -0.39 is 6.10 Å². The first-order valence-electron chi connectivity index (χ1n) is 8.45. The smallest absolute Gasteiger partial charge is 0.138 e. The number of aliphatic hydroxyl groups excluding tert-OH is 1. The van der Waals surface area contributed by atoms with Crippen molar-refractivity contribution in [2.75, 3.05) is 12.9 Å². The molecule has 0 aliphatic heterocycles. The number of benzene rings is 1. The SMILES string of the molecule is COc1cccc(CC[C@H]2C(=O)CC(O)[C@@H]2CCSc2n[c-]cs2)c1.[Y]. The zero-order valence-corrected chi connectivity index (χ0v) is 19.2. The number of rotatable bonds is 8. The van der Waals surface area contributed by atoms with Crippen LogP contribution in [0.3, 0.4) is 0 Å². The van der Waals surface area contributed by atoms with Gasteiger partial charge < -0.3 is 14.8 Å². The number of thioether (sulfide) groups is 1. The van der Waals surface area contributed by atoms with E-state index in [0.717, 1.165) is 35.1 Å². The van der Waals surface area contributed by atoms with E-state index in [1.54, 1.807) is 30.2 Å². The number of aryl methyl sites for hydroxylation is 1. The van der Waals surface area contributed by atoms with Crippen LogP contribution in [0.5, 0.6) is 5.75 Å². The summed E-state index contributed by atoms with van der Waals surface area (Å²) in [6, 6.07) is 7.96. The first kappa shape index (κ1) is 22.0. The molecule has 1 radical (unpaired) electrons. The normalized spacial score (nSPS) is 22.2. The van der Waals surface area contributed by atoms with Gasteiger partial charge in [-0.2, -0.15) is 11.8 Å². The van der Waals surface area contributed by atoms with Gasteiger partial charge in [-0.15, -0.1) is 6.20 Å². The molecule has 4 nitrogen and oxygen atoms in total. The molecule has 2 aromatic rings. The van der Waals surface area contributed by atoms with Crippen LogP contribution in [0.15, 0.2) is 34.0 Å². The van der Waals surface area contributed by atoms with Crippen LogP contribution in [0, 0.1) is 18.0 Å². The Morgan fingerprint density at radius 2 is 2.27 bits per heavy atom. The first-order valence-corrected chi connectivity index (χ1v) is 10.3. The summed E-state index contributed by atoms with van der Waals surface area (Å²) in [6.45, 7) is 0. The topological polar surface area (TPSA) is 59.4 Å². The van der Waals surface area contributed by atoms with E-state index in [0.29, 0.717) is 6.42 Å². The molecule has 1 aliphatic rings. The van der Waals surface area contributed by atoms with Crippen LogP contribution in [0.4, 0.5) is 0 Å². The third-order valence-electron chi connectivity index (χ3n) is 4.76. The fourth-order valence-electron chi connectivity index (χ4n) is 3.47. The van der Waals surface area contributed by atoms with Gasteiger partial charge in [0.15, 0.2) is 0 Å². The molecule has 1 aromatic carbocycles. The molecule has 1 N–H and O–H groups in total. The summed E-state index contributed by atoms with van der Waals surface area (Å²) in [7, 11) is 1.66. The van der Waals surface area contributed by atoms with Crippen molar-refractivity contribution in [3.05, 3.63) is 41.4 Å². The van der Waals surface area contributed by atoms with Gasteiger partial charge in [-0.3, -0.25) is 4.79 Å². The second-order valence-electron chi connectivity index (χ2n) is 6.28. The van der Waals surface area contributed by atoms with E-state index in [1.165, 1.54) is 5.56 Å². The Balaban J connectivity index is 0.00000243. The summed E-state index contributed by atoms with van der Waals surface area (Å²) in [5.41, 5.74) is 1.17. The largest absolute Gasteiger partial charge is 0.497 e. The van der Waals surface area contributed by atoms with E-state index in [4.69, 9.17) is 4.74 Å². The molecule has 137 valence electrons. The number of nitrogens with zero attached hydrogens (tertiary/aromatic N) is 1. The number of hydrogen-bond acceptors (Lipinski definition) is 6. The fraction of sp³-hybridized carbons (Fsp3) is 0.474. The number of methoxy groups -OCH3 is 1. The quantitative estimate of drug-likeness (QED) is 0.477. The molecule has 0 amide bonds. The number of thiazole rings is 1. The molecule has 1 aliphatic carbocycles. The Morgan fingerprint density at radius 3 is 3.00 bits per heavy atom. The van der Waals surface area contributed by atoms with Crippen LogP contribution in [0.1, 0.15) is 24.8 Å². The van der Waals surface area contributed by atoms with E-state index in [2.05, 4.69) is 17.2 Å². The summed E-state index contributed by atoms with van der Waals surface area (Å²) in [4.78, 5) is 16.5. The molecule has 1 fully saturated rings. The average molecular weight is 465 g/mol. The number of ketones is 1. The Kier molecular flexibility index (Phi) is 9.24. The summed E-state index contributed by atoms with van der Waals surface area (Å²) >= 11 is 3.25. The van der Waals surface area contributed by atoms with Crippen molar-refractivity contribution in [3.8, 4) is 5.75 Å². The second kappa shape index (κ2) is 10.9. The van der Waals surface area contributed by atoms with Crippen molar-refractivity contribution in [1.29, 1.82) is 0 Å². The molecular formula is C19H22NO3S2Y-. The maximum Gasteiger partial charge on any atom is 0.138 e. The van der Waals surface area contributed by atoms with Crippen LogP contribution in [0.25, 0.3) is 0 Å². The van der Waals surface area contributed by atoms with Gasteiger partial charge >= 0.3 is 0 Å². The molecule has 3 atom stereocenters. The van der Waals surface area contributed by atoms with Gasteiger partial charge in [0.2, 0.25) is 0 Å². The summed E-state index contributed by atoms with van der Waals surface area (Å²) in [6.07, 6.45) is 5.04. The summed E-state index contributed by atoms with van der Waals surface area (Å²) < 4.78 is 6.25. The second-order valence-corrected chi connectivity index (χ2v) is 8.48. The Morgan fingerprint density at radius 1 is 1.42 bits per heavy atom. The van der Waals surface area contributed by atoms with Gasteiger partial charge in [0.05, 0.1) is 13.2 Å². The average Bonchev–Trinajstić information content (AvgIpc) is 3.22. The van der Waals surface area contributed by atoms with Crippen LogP contribution in [-0.4, -0.2) is 34.8 Å². The Bertz CT molecular complexity index is 696. The number of carbonyl (C=O) groups is 1. The van der Waals surface area contributed by atoms with Gasteiger partial charge in [0.1, 0.15) is 11.5 Å². The molecule has 7 heteroatoms. The predicted octanol–water partition coefficient (Wildman–Crippen LogP) is 3.63. The molecule has 1 saturated carbocycles. The maximum absolute atomic E-state index is 12.3. The third kappa shape index (κ3) is 5.86. The van der Waals surface area contributed by atoms with Gasteiger partial charge in [-0.1, -0.05) is 17.5 Å². The van der Waals surface area contributed by atoms with Gasteiger partial charge in [0.25, 0.3) is 0 Å². The van der Waals surface area contributed by atoms with Gasteiger partial charge in [-0.05, 0) is 53.0 Å². The number of aliphatic hydroxyl groups is 1. The molecule has 1 heterocycles. The zero-order valence-electron chi connectivity index (χ0n) is 14.8. The third-order valence-corrected chi connectivity index (χ3v) is 6.69. The maximum atomic E-state index is 12.3. The molecule has 0 bridgehead atoms. The molecule has 0 spiro atoms. The molecule has 1 unspecified atom stereocenters. The summed E-state index contributed by atoms with van der Waals surface area (Å²) in [5.74, 6) is 1.90. The van der Waals surface area contributed by atoms with Crippen LogP contribution >= 0.6 is 23.1 Å². The minimum atomic E-state index is -0.508. The minimum Gasteiger partial charge on any atom is -0.497 e. The van der Waals surface area contributed by atoms with Crippen LogP contribution < -0.4 is 4.74 Å². The monoisotopic (exact) mass is 465 g/mol. The number of Topliss-reactive ketones (excluding diaryl/α,β-unsaturated/α-hetero) is 1. The number of ether oxygens (including phenoxy) is 1. The zero-order chi connectivity index (χ0) is 17.6. The molecule has 26 heavy (non-hydrogen) atoms. The van der Waals surface area contributed by atoms with E-state index in [-0.39, 0.29) is 50.3 Å². The molecular weight excluding hydrogens is 443 g/mol. The van der Waals surface area contributed by atoms with Crippen LogP contribution in [-0.2, 0) is 43.9 Å². The number of aromatic nitrogens is 1. The van der Waals surface area contributed by atoms with Crippen molar-refractivity contribution in [2.24, 2.45) is 11.8 Å². The fourth-order valence-corrected chi connectivity index (χ4v) is 5.13. The molecule has 0 saturated heterocycles. The van der Waals surface area contributed by atoms with E-state index in [9.17, 15) is 9.90 Å². The number of carbonyl (C=O) groups excluding carboxylic acids is 1. The minimum absolute atomic E-state index is 0. The van der Waals surface area contributed by atoms with Gasteiger partial charge in [-0.25, -0.2) is 11.3 Å². The molecule has 3 rings (SSSR count). The van der Waals surface area contributed by atoms with Crippen LogP contribution in [0.2, 0.25) is 0 Å². The summed E-state index contributed by atoms with van der Waals surface area (Å²) in [5, 5.41) is 12.1.